The summed E-state index contributed by atoms with van der Waals surface area (Å²) in [7, 11) is 1.16. The van der Waals surface area contributed by atoms with Crippen LogP contribution in [0.4, 0.5) is 4.79 Å². The standard InChI is InChI=1S/C11H16O6/c1-7(2)6-16-11(14)17-9(12)5-8(3)10(13)15-4/h7H,3,5-6H2,1-2,4H3. The molecule has 0 unspecified atom stereocenters. The van der Waals surface area contributed by atoms with Gasteiger partial charge in [0.1, 0.15) is 0 Å². The lowest BCUT2D eigenvalue weighted by Gasteiger charge is -2.07. The van der Waals surface area contributed by atoms with Crippen molar-refractivity contribution in [3.63, 3.8) is 0 Å². The van der Waals surface area contributed by atoms with Crippen LogP contribution in [0.15, 0.2) is 12.2 Å². The quantitative estimate of drug-likeness (QED) is 0.413. The molecule has 0 N–H and O–H groups in total. The molecular formula is C11H16O6. The minimum atomic E-state index is -1.08. The Morgan fingerprint density at radius 2 is 1.82 bits per heavy atom. The lowest BCUT2D eigenvalue weighted by atomic mass is 10.2. The van der Waals surface area contributed by atoms with Gasteiger partial charge in [0.15, 0.2) is 0 Å². The van der Waals surface area contributed by atoms with Gasteiger partial charge < -0.3 is 14.2 Å². The van der Waals surface area contributed by atoms with E-state index in [1.54, 1.807) is 0 Å². The van der Waals surface area contributed by atoms with Gasteiger partial charge >= 0.3 is 18.1 Å². The Bertz CT molecular complexity index is 318. The smallest absolute Gasteiger partial charge is 0.466 e. The molecule has 6 nitrogen and oxygen atoms in total. The molecule has 0 spiro atoms. The molecule has 0 saturated carbocycles. The van der Waals surface area contributed by atoms with E-state index in [4.69, 9.17) is 0 Å². The molecule has 17 heavy (non-hydrogen) atoms. The third kappa shape index (κ3) is 7.10. The Balaban J connectivity index is 3.98. The van der Waals surface area contributed by atoms with Crippen LogP contribution in [0.2, 0.25) is 0 Å². The van der Waals surface area contributed by atoms with Crippen LogP contribution < -0.4 is 0 Å². The molecule has 0 saturated heterocycles. The van der Waals surface area contributed by atoms with Gasteiger partial charge in [-0.2, -0.15) is 0 Å². The number of esters is 2. The van der Waals surface area contributed by atoms with Crippen molar-refractivity contribution in [2.75, 3.05) is 13.7 Å². The van der Waals surface area contributed by atoms with Crippen molar-refractivity contribution in [1.29, 1.82) is 0 Å². The highest BCUT2D eigenvalue weighted by Crippen LogP contribution is 2.03. The van der Waals surface area contributed by atoms with Gasteiger partial charge in [-0.3, -0.25) is 4.79 Å². The largest absolute Gasteiger partial charge is 0.516 e. The van der Waals surface area contributed by atoms with Crippen LogP contribution in [-0.2, 0) is 23.8 Å². The molecule has 0 bridgehead atoms. The number of rotatable bonds is 5. The van der Waals surface area contributed by atoms with Crippen LogP contribution in [0.1, 0.15) is 20.3 Å². The monoisotopic (exact) mass is 244 g/mol. The SMILES string of the molecule is C=C(CC(=O)OC(=O)OCC(C)C)C(=O)OC. The number of hydrogen-bond acceptors (Lipinski definition) is 6. The molecule has 0 aliphatic rings. The Kier molecular flexibility index (Phi) is 6.62. The molecule has 96 valence electrons. The Hall–Kier alpha value is -1.85. The number of methoxy groups -OCH3 is 1. The predicted molar refractivity (Wildman–Crippen MR) is 58.1 cm³/mol. The van der Waals surface area contributed by atoms with Crippen molar-refractivity contribution < 1.29 is 28.6 Å². The first-order chi connectivity index (χ1) is 7.86. The van der Waals surface area contributed by atoms with Gasteiger partial charge in [-0.05, 0) is 5.92 Å². The van der Waals surface area contributed by atoms with E-state index < -0.39 is 24.5 Å². The molecule has 0 aliphatic carbocycles. The molecule has 0 fully saturated rings. The summed E-state index contributed by atoms with van der Waals surface area (Å²) in [6, 6.07) is 0. The molecule has 0 atom stereocenters. The Labute approximate surface area is 99.5 Å². The molecule has 0 radical (unpaired) electrons. The second kappa shape index (κ2) is 7.43. The summed E-state index contributed by atoms with van der Waals surface area (Å²) in [5.74, 6) is -1.49. The highest BCUT2D eigenvalue weighted by molar-refractivity contribution is 5.94. The molecule has 0 heterocycles. The van der Waals surface area contributed by atoms with Crippen molar-refractivity contribution >= 4 is 18.1 Å². The zero-order valence-electron chi connectivity index (χ0n) is 10.1. The summed E-state index contributed by atoms with van der Waals surface area (Å²) in [6.45, 7) is 7.16. The number of carbonyl (C=O) groups excluding carboxylic acids is 3. The molecule has 6 heteroatoms. The maximum atomic E-state index is 11.1. The van der Waals surface area contributed by atoms with Crippen molar-refractivity contribution in [2.45, 2.75) is 20.3 Å². The second-order valence-corrected chi connectivity index (χ2v) is 3.70. The van der Waals surface area contributed by atoms with E-state index in [0.717, 1.165) is 7.11 Å². The van der Waals surface area contributed by atoms with Gasteiger partial charge in [0.25, 0.3) is 0 Å². The van der Waals surface area contributed by atoms with Gasteiger partial charge in [0.05, 0.1) is 20.1 Å². The number of carbonyl (C=O) groups is 3. The summed E-state index contributed by atoms with van der Waals surface area (Å²) in [5, 5.41) is 0. The summed E-state index contributed by atoms with van der Waals surface area (Å²) in [6.07, 6.45) is -1.50. The van der Waals surface area contributed by atoms with Crippen LogP contribution in [0.5, 0.6) is 0 Å². The van der Waals surface area contributed by atoms with Crippen molar-refractivity contribution in [2.24, 2.45) is 5.92 Å². The summed E-state index contributed by atoms with van der Waals surface area (Å²) in [4.78, 5) is 33.0. The number of hydrogen-bond donors (Lipinski definition) is 0. The minimum Gasteiger partial charge on any atom is -0.466 e. The molecule has 0 aromatic carbocycles. The molecular weight excluding hydrogens is 228 g/mol. The van der Waals surface area contributed by atoms with E-state index in [-0.39, 0.29) is 18.1 Å². The van der Waals surface area contributed by atoms with Crippen molar-refractivity contribution in [3.05, 3.63) is 12.2 Å². The van der Waals surface area contributed by atoms with Crippen LogP contribution in [0.25, 0.3) is 0 Å². The third-order valence-electron chi connectivity index (χ3n) is 1.56. The highest BCUT2D eigenvalue weighted by atomic mass is 16.7. The van der Waals surface area contributed by atoms with E-state index in [9.17, 15) is 14.4 Å². The molecule has 0 aromatic rings. The summed E-state index contributed by atoms with van der Waals surface area (Å²) < 4.78 is 13.2. The zero-order chi connectivity index (χ0) is 13.4. The van der Waals surface area contributed by atoms with Crippen LogP contribution in [-0.4, -0.2) is 31.8 Å². The topological polar surface area (TPSA) is 78.9 Å². The normalized spacial score (nSPS) is 9.65. The second-order valence-electron chi connectivity index (χ2n) is 3.70. The average molecular weight is 244 g/mol. The van der Waals surface area contributed by atoms with Crippen LogP contribution in [0.3, 0.4) is 0 Å². The van der Waals surface area contributed by atoms with Crippen LogP contribution >= 0.6 is 0 Å². The van der Waals surface area contributed by atoms with Crippen molar-refractivity contribution in [3.8, 4) is 0 Å². The lowest BCUT2D eigenvalue weighted by molar-refractivity contribution is -0.142. The van der Waals surface area contributed by atoms with E-state index in [0.29, 0.717) is 0 Å². The van der Waals surface area contributed by atoms with Gasteiger partial charge in [0.2, 0.25) is 0 Å². The number of ether oxygens (including phenoxy) is 3. The van der Waals surface area contributed by atoms with Crippen molar-refractivity contribution in [1.82, 2.24) is 0 Å². The first kappa shape index (κ1) is 15.2. The highest BCUT2D eigenvalue weighted by Gasteiger charge is 2.17. The van der Waals surface area contributed by atoms with Gasteiger partial charge in [-0.15, -0.1) is 0 Å². The first-order valence-corrected chi connectivity index (χ1v) is 5.00. The zero-order valence-corrected chi connectivity index (χ0v) is 10.1. The lowest BCUT2D eigenvalue weighted by Crippen LogP contribution is -2.18. The molecule has 0 amide bonds. The summed E-state index contributed by atoms with van der Waals surface area (Å²) in [5.41, 5.74) is -0.0887. The Morgan fingerprint density at radius 1 is 1.24 bits per heavy atom. The maximum Gasteiger partial charge on any atom is 0.516 e. The van der Waals surface area contributed by atoms with E-state index >= 15 is 0 Å². The fourth-order valence-electron chi connectivity index (χ4n) is 0.784. The molecule has 0 aromatic heterocycles. The average Bonchev–Trinajstić information content (AvgIpc) is 2.24. The minimum absolute atomic E-state index is 0.0887. The maximum absolute atomic E-state index is 11.1. The predicted octanol–water partition coefficient (Wildman–Crippen LogP) is 1.44. The molecule has 0 rings (SSSR count). The van der Waals surface area contributed by atoms with Gasteiger partial charge in [-0.25, -0.2) is 9.59 Å². The first-order valence-electron chi connectivity index (χ1n) is 5.00. The van der Waals surface area contributed by atoms with E-state index in [1.807, 2.05) is 13.8 Å². The fourth-order valence-corrected chi connectivity index (χ4v) is 0.784. The summed E-state index contributed by atoms with van der Waals surface area (Å²) >= 11 is 0. The van der Waals surface area contributed by atoms with Crippen LogP contribution in [0, 0.1) is 5.92 Å². The van der Waals surface area contributed by atoms with E-state index in [2.05, 4.69) is 20.8 Å². The van der Waals surface area contributed by atoms with E-state index in [1.165, 1.54) is 0 Å². The Morgan fingerprint density at radius 3 is 2.29 bits per heavy atom. The van der Waals surface area contributed by atoms with Gasteiger partial charge in [0, 0.05) is 5.57 Å². The fraction of sp³-hybridized carbons (Fsp3) is 0.545. The molecule has 0 aliphatic heterocycles. The van der Waals surface area contributed by atoms with Gasteiger partial charge in [-0.1, -0.05) is 20.4 Å². The third-order valence-corrected chi connectivity index (χ3v) is 1.56.